The molecule has 7 rings (SSSR count). The van der Waals surface area contributed by atoms with Gasteiger partial charge in [0, 0.05) is 39.2 Å². The zero-order valence-electron chi connectivity index (χ0n) is 25.9. The van der Waals surface area contributed by atoms with Gasteiger partial charge in [0.1, 0.15) is 0 Å². The lowest BCUT2D eigenvalue weighted by Crippen LogP contribution is -2.31. The Morgan fingerprint density at radius 1 is 0.543 bits per heavy atom. The van der Waals surface area contributed by atoms with Gasteiger partial charge in [-0.3, -0.25) is 0 Å². The summed E-state index contributed by atoms with van der Waals surface area (Å²) in [6.07, 6.45) is 6.41. The fraction of sp³-hybridized carbons (Fsp3) is 0.0455. The van der Waals surface area contributed by atoms with Crippen LogP contribution in [-0.2, 0) is 6.42 Å². The molecule has 0 heterocycles. The van der Waals surface area contributed by atoms with Gasteiger partial charge < -0.3 is 9.80 Å². The van der Waals surface area contributed by atoms with Gasteiger partial charge in [0.25, 0.3) is 0 Å². The Hall–Kier alpha value is -5.86. The molecule has 0 radical (unpaired) electrons. The van der Waals surface area contributed by atoms with E-state index < -0.39 is 0 Å². The number of anilines is 4. The van der Waals surface area contributed by atoms with Gasteiger partial charge in [-0.25, -0.2) is 0 Å². The highest BCUT2D eigenvalue weighted by Gasteiger charge is 2.21. The van der Waals surface area contributed by atoms with E-state index in [9.17, 15) is 0 Å². The van der Waals surface area contributed by atoms with Crippen molar-refractivity contribution in [1.82, 2.24) is 0 Å². The summed E-state index contributed by atoms with van der Waals surface area (Å²) in [5, 5.41) is 2.02. The number of hydrogen-bond donors (Lipinski definition) is 0. The minimum Gasteiger partial charge on any atom is -0.310 e. The van der Waals surface area contributed by atoms with Crippen molar-refractivity contribution in [3.05, 3.63) is 198 Å². The second-order valence-electron chi connectivity index (χ2n) is 11.5. The van der Waals surface area contributed by atoms with Gasteiger partial charge >= 0.3 is 0 Å². The molecule has 0 aromatic heterocycles. The van der Waals surface area contributed by atoms with Crippen LogP contribution in [0, 0.1) is 0 Å². The smallest absolute Gasteiger partial charge is 0.0533 e. The topological polar surface area (TPSA) is 6.48 Å². The van der Waals surface area contributed by atoms with Crippen LogP contribution in [-0.4, -0.2) is 0 Å². The van der Waals surface area contributed by atoms with Crippen molar-refractivity contribution in [3.63, 3.8) is 0 Å². The average molecular weight is 593 g/mol. The maximum absolute atomic E-state index is 4.29. The van der Waals surface area contributed by atoms with Gasteiger partial charge in [0.15, 0.2) is 0 Å². The fourth-order valence-corrected chi connectivity index (χ4v) is 6.38. The Morgan fingerprint density at radius 2 is 1.07 bits per heavy atom. The van der Waals surface area contributed by atoms with Gasteiger partial charge in [-0.15, -0.1) is 0 Å². The van der Waals surface area contributed by atoms with Crippen LogP contribution in [0.15, 0.2) is 176 Å². The zero-order chi connectivity index (χ0) is 31.3. The highest BCUT2D eigenvalue weighted by molar-refractivity contribution is 5.90. The van der Waals surface area contributed by atoms with E-state index in [1.54, 1.807) is 0 Å². The minimum absolute atomic E-state index is 0.965. The van der Waals surface area contributed by atoms with Crippen LogP contribution in [0.2, 0.25) is 0 Å². The SMILES string of the molecule is C=C/C(=c1/ccccc1=C)N(c1ccccc1)c1ccc(-c2ccc(N(C3=CCCc4ccccc43)c3ccccc3)cc2)cc1. The Labute approximate surface area is 271 Å². The summed E-state index contributed by atoms with van der Waals surface area (Å²) >= 11 is 0. The summed E-state index contributed by atoms with van der Waals surface area (Å²) in [5.74, 6) is 0. The molecule has 0 bridgehead atoms. The Balaban J connectivity index is 1.25. The number of allylic oxidation sites excluding steroid dienone is 1. The summed E-state index contributed by atoms with van der Waals surface area (Å²) in [7, 11) is 0. The van der Waals surface area contributed by atoms with E-state index in [0.717, 1.165) is 57.3 Å². The monoisotopic (exact) mass is 592 g/mol. The number of rotatable bonds is 8. The lowest BCUT2D eigenvalue weighted by atomic mass is 9.93. The first-order valence-electron chi connectivity index (χ1n) is 15.8. The van der Waals surface area contributed by atoms with E-state index >= 15 is 0 Å². The van der Waals surface area contributed by atoms with Gasteiger partial charge in [-0.1, -0.05) is 128 Å². The predicted molar refractivity (Wildman–Crippen MR) is 197 cm³/mol. The zero-order valence-corrected chi connectivity index (χ0v) is 25.9. The fourth-order valence-electron chi connectivity index (χ4n) is 6.38. The molecule has 1 aliphatic carbocycles. The van der Waals surface area contributed by atoms with E-state index in [4.69, 9.17) is 0 Å². The average Bonchev–Trinajstić information content (AvgIpc) is 3.12. The van der Waals surface area contributed by atoms with E-state index in [1.165, 1.54) is 22.4 Å². The van der Waals surface area contributed by atoms with Crippen molar-refractivity contribution in [2.75, 3.05) is 9.80 Å². The molecular formula is C44H36N2. The number of benzene rings is 6. The van der Waals surface area contributed by atoms with E-state index in [0.29, 0.717) is 0 Å². The summed E-state index contributed by atoms with van der Waals surface area (Å²) in [5.41, 5.74) is 11.7. The predicted octanol–water partition coefficient (Wildman–Crippen LogP) is 10.0. The van der Waals surface area contributed by atoms with Crippen LogP contribution in [0.3, 0.4) is 0 Å². The molecule has 0 saturated carbocycles. The summed E-state index contributed by atoms with van der Waals surface area (Å²) < 4.78 is 0. The van der Waals surface area contributed by atoms with E-state index in [2.05, 4.69) is 162 Å². The number of nitrogens with zero attached hydrogens (tertiary/aromatic N) is 2. The first-order valence-corrected chi connectivity index (χ1v) is 15.8. The van der Waals surface area contributed by atoms with Crippen molar-refractivity contribution in [3.8, 4) is 11.1 Å². The Kier molecular flexibility index (Phi) is 8.17. The Morgan fingerprint density at radius 3 is 1.72 bits per heavy atom. The third-order valence-electron chi connectivity index (χ3n) is 8.63. The van der Waals surface area contributed by atoms with Crippen molar-refractivity contribution >= 4 is 40.7 Å². The highest BCUT2D eigenvalue weighted by atomic mass is 15.2. The molecule has 0 atom stereocenters. The summed E-state index contributed by atoms with van der Waals surface area (Å²) in [6.45, 7) is 8.48. The minimum atomic E-state index is 0.965. The van der Waals surface area contributed by atoms with Crippen LogP contribution in [0.1, 0.15) is 17.5 Å². The number of fused-ring (bicyclic) bond motifs is 1. The standard InChI is InChI=1S/C44H36N2/c1-3-43(41-22-12-10-15-33(41)2)45(37-18-6-4-7-19-37)39-29-25-34(26-30-39)35-27-31-40(32-28-35)46(38-20-8-5-9-21-38)44-24-14-17-36-16-11-13-23-42(36)44/h3-13,15-16,18-32H,1-2,14,17H2/b43-41+. The van der Waals surface area contributed by atoms with Gasteiger partial charge in [0.05, 0.1) is 5.70 Å². The molecule has 2 nitrogen and oxygen atoms in total. The van der Waals surface area contributed by atoms with Crippen LogP contribution in [0.4, 0.5) is 22.7 Å². The van der Waals surface area contributed by atoms with Crippen molar-refractivity contribution in [2.24, 2.45) is 0 Å². The normalized spacial score (nSPS) is 12.8. The first-order chi connectivity index (χ1) is 22.7. The number of para-hydroxylation sites is 2. The number of aryl methyl sites for hydroxylation is 1. The van der Waals surface area contributed by atoms with Crippen LogP contribution >= 0.6 is 0 Å². The molecule has 0 aliphatic heterocycles. The van der Waals surface area contributed by atoms with Gasteiger partial charge in [-0.2, -0.15) is 0 Å². The summed E-state index contributed by atoms with van der Waals surface area (Å²) in [4.78, 5) is 4.63. The molecule has 0 fully saturated rings. The second-order valence-corrected chi connectivity index (χ2v) is 11.5. The molecule has 46 heavy (non-hydrogen) atoms. The van der Waals surface area contributed by atoms with E-state index in [1.807, 2.05) is 30.3 Å². The maximum Gasteiger partial charge on any atom is 0.0533 e. The molecule has 0 N–H and O–H groups in total. The molecule has 0 saturated heterocycles. The number of hydrogen-bond acceptors (Lipinski definition) is 2. The first kappa shape index (κ1) is 28.9. The van der Waals surface area contributed by atoms with Gasteiger partial charge in [0.2, 0.25) is 0 Å². The molecule has 0 amide bonds. The molecule has 6 aromatic carbocycles. The Bertz CT molecular complexity index is 2110. The highest BCUT2D eigenvalue weighted by Crippen LogP contribution is 2.39. The maximum atomic E-state index is 4.29. The largest absolute Gasteiger partial charge is 0.310 e. The third-order valence-corrected chi connectivity index (χ3v) is 8.63. The van der Waals surface area contributed by atoms with Crippen LogP contribution in [0.25, 0.3) is 29.1 Å². The quantitative estimate of drug-likeness (QED) is 0.174. The molecule has 222 valence electrons. The van der Waals surface area contributed by atoms with Crippen LogP contribution in [0.5, 0.6) is 0 Å². The van der Waals surface area contributed by atoms with Crippen molar-refractivity contribution in [2.45, 2.75) is 12.8 Å². The molecule has 6 aromatic rings. The summed E-state index contributed by atoms with van der Waals surface area (Å²) in [6, 6.07) is 55.8. The molecule has 0 unspecified atom stereocenters. The van der Waals surface area contributed by atoms with Gasteiger partial charge in [-0.05, 0) is 89.4 Å². The molecule has 1 aliphatic rings. The lowest BCUT2D eigenvalue weighted by Gasteiger charge is -2.31. The third kappa shape index (κ3) is 5.69. The van der Waals surface area contributed by atoms with Crippen LogP contribution < -0.4 is 20.2 Å². The second kappa shape index (κ2) is 13.0. The molecule has 2 heteroatoms. The van der Waals surface area contributed by atoms with Crippen molar-refractivity contribution < 1.29 is 0 Å². The van der Waals surface area contributed by atoms with Crippen molar-refractivity contribution in [1.29, 1.82) is 0 Å². The molecule has 0 spiro atoms. The molecular weight excluding hydrogens is 556 g/mol. The van der Waals surface area contributed by atoms with E-state index in [-0.39, 0.29) is 0 Å². The lowest BCUT2D eigenvalue weighted by molar-refractivity contribution is 0.968.